The highest BCUT2D eigenvalue weighted by Crippen LogP contribution is 2.46. The van der Waals surface area contributed by atoms with Crippen molar-refractivity contribution < 1.29 is 18.1 Å². The number of nitrogens with one attached hydrogen (secondary N) is 1. The van der Waals surface area contributed by atoms with Crippen LogP contribution in [-0.4, -0.2) is 43.9 Å². The summed E-state index contributed by atoms with van der Waals surface area (Å²) >= 11 is 0. The molecule has 1 N–H and O–H groups in total. The van der Waals surface area contributed by atoms with Gasteiger partial charge in [-0.05, 0) is 29.0 Å². The minimum Gasteiger partial charge on any atom is -0.379 e. The SMILES string of the molecule is CC1(C)CC(Nc2ccc([N+](=O)[O-])cc2S(=O)(=O)N2CCOCC2)c2ccccc21. The van der Waals surface area contributed by atoms with Gasteiger partial charge in [0.15, 0.2) is 0 Å². The van der Waals surface area contributed by atoms with E-state index in [-0.39, 0.29) is 35.1 Å². The average molecular weight is 432 g/mol. The van der Waals surface area contributed by atoms with Crippen LogP contribution in [0.4, 0.5) is 11.4 Å². The monoisotopic (exact) mass is 431 g/mol. The molecule has 2 aromatic rings. The number of morpholine rings is 1. The number of nitro benzene ring substituents is 1. The summed E-state index contributed by atoms with van der Waals surface area (Å²) in [5.74, 6) is 0. The van der Waals surface area contributed by atoms with Crippen molar-refractivity contribution in [2.75, 3.05) is 31.6 Å². The Kier molecular flexibility index (Phi) is 5.29. The summed E-state index contributed by atoms with van der Waals surface area (Å²) in [5, 5.41) is 14.7. The van der Waals surface area contributed by atoms with Crippen molar-refractivity contribution in [1.29, 1.82) is 0 Å². The normalized spacial score (nSPS) is 21.2. The predicted molar refractivity (Wildman–Crippen MR) is 113 cm³/mol. The van der Waals surface area contributed by atoms with Gasteiger partial charge in [-0.15, -0.1) is 0 Å². The summed E-state index contributed by atoms with van der Waals surface area (Å²) in [6.45, 7) is 5.39. The third kappa shape index (κ3) is 3.68. The van der Waals surface area contributed by atoms with Crippen LogP contribution in [0.25, 0.3) is 0 Å². The number of nitro groups is 1. The number of ether oxygens (including phenoxy) is 1. The molecule has 2 aliphatic rings. The van der Waals surface area contributed by atoms with Crippen LogP contribution < -0.4 is 5.32 Å². The van der Waals surface area contributed by atoms with Gasteiger partial charge in [-0.25, -0.2) is 8.42 Å². The lowest BCUT2D eigenvalue weighted by Crippen LogP contribution is -2.40. The van der Waals surface area contributed by atoms with Crippen molar-refractivity contribution >= 4 is 21.4 Å². The molecule has 1 aliphatic heterocycles. The largest absolute Gasteiger partial charge is 0.379 e. The number of non-ortho nitro benzene ring substituents is 1. The molecule has 2 aromatic carbocycles. The molecule has 1 saturated heterocycles. The van der Waals surface area contributed by atoms with E-state index in [4.69, 9.17) is 4.74 Å². The first-order valence-corrected chi connectivity index (χ1v) is 11.4. The van der Waals surface area contributed by atoms with Crippen molar-refractivity contribution in [3.63, 3.8) is 0 Å². The zero-order valence-corrected chi connectivity index (χ0v) is 17.8. The zero-order valence-electron chi connectivity index (χ0n) is 17.0. The van der Waals surface area contributed by atoms with Crippen LogP contribution >= 0.6 is 0 Å². The van der Waals surface area contributed by atoms with Crippen LogP contribution in [0.1, 0.15) is 37.4 Å². The molecule has 0 aromatic heterocycles. The second-order valence-corrected chi connectivity index (χ2v) is 10.2. The number of sulfonamides is 1. The molecule has 30 heavy (non-hydrogen) atoms. The first kappa shape index (κ1) is 20.8. The molecule has 1 fully saturated rings. The van der Waals surface area contributed by atoms with E-state index in [1.54, 1.807) is 0 Å². The van der Waals surface area contributed by atoms with Crippen LogP contribution in [-0.2, 0) is 20.2 Å². The molecule has 9 heteroatoms. The zero-order chi connectivity index (χ0) is 21.5. The molecular weight excluding hydrogens is 406 g/mol. The summed E-state index contributed by atoms with van der Waals surface area (Å²) < 4.78 is 33.3. The maximum atomic E-state index is 13.3. The average Bonchev–Trinajstić information content (AvgIpc) is 2.99. The van der Waals surface area contributed by atoms with Crippen LogP contribution in [0.15, 0.2) is 47.4 Å². The Hall–Kier alpha value is -2.49. The standard InChI is InChI=1S/C21H25N3O5S/c1-21(2)14-19(16-5-3-4-6-17(16)21)22-18-8-7-15(24(25)26)13-20(18)30(27,28)23-9-11-29-12-10-23/h3-8,13,19,22H,9-12,14H2,1-2H3. The van der Waals surface area contributed by atoms with Crippen molar-refractivity contribution in [2.45, 2.75) is 36.6 Å². The fourth-order valence-electron chi connectivity index (χ4n) is 4.35. The lowest BCUT2D eigenvalue weighted by atomic mass is 9.86. The number of rotatable bonds is 5. The minimum absolute atomic E-state index is 0.0573. The van der Waals surface area contributed by atoms with E-state index in [1.165, 1.54) is 22.0 Å². The number of anilines is 1. The fraction of sp³-hybridized carbons (Fsp3) is 0.429. The summed E-state index contributed by atoms with van der Waals surface area (Å²) in [6, 6.07) is 12.0. The highest BCUT2D eigenvalue weighted by molar-refractivity contribution is 7.89. The summed E-state index contributed by atoms with van der Waals surface area (Å²) in [7, 11) is -3.91. The summed E-state index contributed by atoms with van der Waals surface area (Å²) in [5.41, 5.74) is 2.42. The minimum atomic E-state index is -3.91. The molecule has 0 bridgehead atoms. The van der Waals surface area contributed by atoms with Gasteiger partial charge < -0.3 is 10.1 Å². The number of fused-ring (bicyclic) bond motifs is 1. The highest BCUT2D eigenvalue weighted by Gasteiger charge is 2.38. The Balaban J connectivity index is 1.75. The number of hydrogen-bond donors (Lipinski definition) is 1. The first-order chi connectivity index (χ1) is 14.2. The predicted octanol–water partition coefficient (Wildman–Crippen LogP) is 3.45. The topological polar surface area (TPSA) is 102 Å². The molecule has 0 saturated carbocycles. The van der Waals surface area contributed by atoms with E-state index in [9.17, 15) is 18.5 Å². The van der Waals surface area contributed by atoms with Crippen molar-refractivity contribution in [3.8, 4) is 0 Å². The van der Waals surface area contributed by atoms with E-state index < -0.39 is 14.9 Å². The lowest BCUT2D eigenvalue weighted by molar-refractivity contribution is -0.385. The number of nitrogens with zero attached hydrogens (tertiary/aromatic N) is 2. The summed E-state index contributed by atoms with van der Waals surface area (Å²) in [4.78, 5) is 10.7. The second kappa shape index (κ2) is 7.64. The number of benzene rings is 2. The Morgan fingerprint density at radius 3 is 2.57 bits per heavy atom. The molecule has 0 spiro atoms. The van der Waals surface area contributed by atoms with Gasteiger partial charge in [-0.1, -0.05) is 38.1 Å². The van der Waals surface area contributed by atoms with Gasteiger partial charge in [-0.2, -0.15) is 4.31 Å². The molecule has 8 nitrogen and oxygen atoms in total. The van der Waals surface area contributed by atoms with Gasteiger partial charge in [0, 0.05) is 25.2 Å². The Morgan fingerprint density at radius 2 is 1.87 bits per heavy atom. The van der Waals surface area contributed by atoms with Crippen molar-refractivity contribution in [1.82, 2.24) is 4.31 Å². The molecule has 1 atom stereocenters. The van der Waals surface area contributed by atoms with E-state index in [2.05, 4.69) is 25.2 Å². The van der Waals surface area contributed by atoms with Crippen LogP contribution in [0.2, 0.25) is 0 Å². The van der Waals surface area contributed by atoms with E-state index in [0.29, 0.717) is 18.9 Å². The molecule has 4 rings (SSSR count). The van der Waals surface area contributed by atoms with E-state index >= 15 is 0 Å². The fourth-order valence-corrected chi connectivity index (χ4v) is 5.93. The molecule has 160 valence electrons. The Bertz CT molecular complexity index is 1080. The lowest BCUT2D eigenvalue weighted by Gasteiger charge is -2.27. The maximum absolute atomic E-state index is 13.3. The van der Waals surface area contributed by atoms with E-state index in [1.807, 2.05) is 18.2 Å². The smallest absolute Gasteiger partial charge is 0.270 e. The van der Waals surface area contributed by atoms with Gasteiger partial charge in [0.25, 0.3) is 5.69 Å². The van der Waals surface area contributed by atoms with Crippen LogP contribution in [0.3, 0.4) is 0 Å². The van der Waals surface area contributed by atoms with Gasteiger partial charge in [-0.3, -0.25) is 10.1 Å². The van der Waals surface area contributed by atoms with Crippen LogP contribution in [0.5, 0.6) is 0 Å². The first-order valence-electron chi connectivity index (χ1n) is 9.92. The van der Waals surface area contributed by atoms with Gasteiger partial charge >= 0.3 is 0 Å². The molecule has 0 radical (unpaired) electrons. The van der Waals surface area contributed by atoms with E-state index in [0.717, 1.165) is 18.1 Å². The van der Waals surface area contributed by atoms with Gasteiger partial charge in [0.2, 0.25) is 10.0 Å². The quantitative estimate of drug-likeness (QED) is 0.575. The summed E-state index contributed by atoms with van der Waals surface area (Å²) in [6.07, 6.45) is 0.792. The van der Waals surface area contributed by atoms with Crippen molar-refractivity contribution in [2.24, 2.45) is 0 Å². The highest BCUT2D eigenvalue weighted by atomic mass is 32.2. The third-order valence-corrected chi connectivity index (χ3v) is 7.81. The van der Waals surface area contributed by atoms with Gasteiger partial charge in [0.05, 0.1) is 29.9 Å². The molecule has 1 unspecified atom stereocenters. The Morgan fingerprint density at radius 1 is 1.17 bits per heavy atom. The maximum Gasteiger partial charge on any atom is 0.270 e. The van der Waals surface area contributed by atoms with Gasteiger partial charge in [0.1, 0.15) is 4.90 Å². The molecular formula is C21H25N3O5S. The van der Waals surface area contributed by atoms with Crippen LogP contribution in [0, 0.1) is 10.1 Å². The molecule has 1 aliphatic carbocycles. The number of hydrogen-bond acceptors (Lipinski definition) is 6. The van der Waals surface area contributed by atoms with Crippen molar-refractivity contribution in [3.05, 3.63) is 63.7 Å². The second-order valence-electron chi connectivity index (χ2n) is 8.33. The molecule has 0 amide bonds. The third-order valence-electron chi connectivity index (χ3n) is 5.87. The molecule has 1 heterocycles. The Labute approximate surface area is 176 Å².